The molecule has 0 spiro atoms. The molecule has 0 aliphatic carbocycles. The number of nitrogens with one attached hydrogen (secondary N) is 2. The van der Waals surface area contributed by atoms with Crippen LogP contribution < -0.4 is 10.6 Å². The molecule has 64 heavy (non-hydrogen) atoms. The quantitative estimate of drug-likeness (QED) is 0.0385. The lowest BCUT2D eigenvalue weighted by Crippen LogP contribution is -2.36. The van der Waals surface area contributed by atoms with Crippen LogP contribution in [-0.4, -0.2) is 73.8 Å². The Hall–Kier alpha value is -2.72. The Morgan fingerprint density at radius 1 is 0.672 bits per heavy atom. The fraction of sp³-hybridized carbons (Fsp3) is 0.815. The zero-order valence-electron chi connectivity index (χ0n) is 41.9. The van der Waals surface area contributed by atoms with E-state index in [1.807, 2.05) is 23.9 Å². The van der Waals surface area contributed by atoms with Crippen molar-refractivity contribution in [3.05, 3.63) is 28.2 Å². The van der Waals surface area contributed by atoms with Gasteiger partial charge in [-0.25, -0.2) is 0 Å². The van der Waals surface area contributed by atoms with Gasteiger partial charge in [-0.15, -0.1) is 11.3 Å². The van der Waals surface area contributed by atoms with Gasteiger partial charge in [0.05, 0.1) is 24.6 Å². The number of allylic oxidation sites excluding steroid dienone is 2. The summed E-state index contributed by atoms with van der Waals surface area (Å²) in [5.74, 6) is -0.155. The van der Waals surface area contributed by atoms with Crippen LogP contribution in [0.5, 0.6) is 0 Å². The number of carbonyl (C=O) groups is 4. The number of carbonyl (C=O) groups excluding carboxylic acids is 4. The van der Waals surface area contributed by atoms with Gasteiger partial charge in [0.2, 0.25) is 11.8 Å². The van der Waals surface area contributed by atoms with Gasteiger partial charge >= 0.3 is 5.97 Å². The number of hydrogen-bond acceptors (Lipinski definition) is 7. The zero-order valence-corrected chi connectivity index (χ0v) is 42.8. The average molecular weight is 913 g/mol. The topological polar surface area (TPSA) is 108 Å². The van der Waals surface area contributed by atoms with Crippen molar-refractivity contribution in [1.29, 1.82) is 0 Å². The number of amides is 3. The molecule has 2 heterocycles. The maximum Gasteiger partial charge on any atom is 0.308 e. The van der Waals surface area contributed by atoms with Gasteiger partial charge in [-0.1, -0.05) is 161 Å². The Kier molecular flexibility index (Phi) is 34.4. The molecule has 0 radical (unpaired) electrons. The van der Waals surface area contributed by atoms with Crippen LogP contribution in [0.15, 0.2) is 12.2 Å². The van der Waals surface area contributed by atoms with Crippen molar-refractivity contribution in [3.8, 4) is 0 Å². The van der Waals surface area contributed by atoms with E-state index in [1.165, 1.54) is 133 Å². The van der Waals surface area contributed by atoms with Crippen molar-refractivity contribution in [2.75, 3.05) is 45.7 Å². The largest absolute Gasteiger partial charge is 0.465 e. The molecule has 0 atom stereocenters. The summed E-state index contributed by atoms with van der Waals surface area (Å²) in [5, 5.41) is 6.73. The predicted octanol–water partition coefficient (Wildman–Crippen LogP) is 14.1. The van der Waals surface area contributed by atoms with E-state index in [4.69, 9.17) is 4.74 Å². The number of thiophene rings is 1. The first-order valence-corrected chi connectivity index (χ1v) is 27.5. The summed E-state index contributed by atoms with van der Waals surface area (Å²) < 4.78 is 5.81. The lowest BCUT2D eigenvalue weighted by Gasteiger charge is -2.27. The van der Waals surface area contributed by atoms with Crippen molar-refractivity contribution < 1.29 is 23.9 Å². The highest BCUT2D eigenvalue weighted by molar-refractivity contribution is 7.17. The second-order valence-corrected chi connectivity index (χ2v) is 20.1. The zero-order chi connectivity index (χ0) is 46.5. The molecule has 0 saturated carbocycles. The van der Waals surface area contributed by atoms with Crippen LogP contribution >= 0.6 is 11.3 Å². The normalized spacial score (nSPS) is 12.7. The number of rotatable bonds is 41. The second-order valence-electron chi connectivity index (χ2n) is 19.0. The van der Waals surface area contributed by atoms with Crippen LogP contribution in [0.3, 0.4) is 0 Å². The highest BCUT2D eigenvalue weighted by Gasteiger charge is 2.30. The van der Waals surface area contributed by atoms with E-state index in [0.29, 0.717) is 69.0 Å². The van der Waals surface area contributed by atoms with Crippen LogP contribution in [-0.2, 0) is 32.1 Å². The summed E-state index contributed by atoms with van der Waals surface area (Å²) in [5.41, 5.74) is 1.51. The SMILES string of the molecule is CCCCCCCC/C=C\CCCCCCCC(=O)N1CCc2c(sc(NC(=O)CCCCCOC(=O)C(CCCCCCCC)CCCCCCCC)c2C(=O)NCCN(C)C)C1. The molecule has 2 N–H and O–H groups in total. The molecule has 0 aromatic carbocycles. The first-order valence-electron chi connectivity index (χ1n) is 26.7. The number of fused-ring (bicyclic) bond motifs is 1. The lowest BCUT2D eigenvalue weighted by atomic mass is 9.94. The molecule has 3 amide bonds. The minimum absolute atomic E-state index is 0.00351. The van der Waals surface area contributed by atoms with Gasteiger partial charge in [0.25, 0.3) is 5.91 Å². The molecule has 0 unspecified atom stereocenters. The maximum atomic E-state index is 13.6. The van der Waals surface area contributed by atoms with E-state index in [0.717, 1.165) is 74.6 Å². The van der Waals surface area contributed by atoms with Crippen molar-refractivity contribution in [2.24, 2.45) is 5.92 Å². The van der Waals surface area contributed by atoms with E-state index in [2.05, 4.69) is 43.6 Å². The summed E-state index contributed by atoms with van der Waals surface area (Å²) >= 11 is 1.44. The summed E-state index contributed by atoms with van der Waals surface area (Å²) in [6, 6.07) is 0. The summed E-state index contributed by atoms with van der Waals surface area (Å²) in [7, 11) is 3.95. The Balaban J connectivity index is 1.81. The van der Waals surface area contributed by atoms with E-state index < -0.39 is 0 Å². The van der Waals surface area contributed by atoms with Crippen molar-refractivity contribution in [2.45, 2.75) is 239 Å². The predicted molar refractivity (Wildman–Crippen MR) is 271 cm³/mol. The Bertz CT molecular complexity index is 1390. The number of anilines is 1. The number of unbranched alkanes of at least 4 members (excludes halogenated alkanes) is 23. The first kappa shape index (κ1) is 57.4. The standard InChI is InChI=1S/C54H96N4O5S/c1-6-9-12-15-18-19-20-21-22-23-24-25-26-29-34-39-50(60)58-42-40-47-48(45-58)64-53(51(47)52(61)55-41-43-57(4)5)56-49(59)38-33-30-35-44-63-54(62)46(36-31-27-16-13-10-7-2)37-32-28-17-14-11-8-3/h21-22,46H,6-20,23-45H2,1-5H3,(H,55,61)(H,56,59)/b22-21-. The Morgan fingerprint density at radius 3 is 1.77 bits per heavy atom. The third-order valence-electron chi connectivity index (χ3n) is 12.8. The Labute approximate surface area is 396 Å². The first-order chi connectivity index (χ1) is 31.2. The number of likely N-dealkylation sites (N-methyl/N-ethyl adjacent to an activating group) is 1. The molecular formula is C54H96N4O5S. The molecule has 9 nitrogen and oxygen atoms in total. The number of hydrogen-bond donors (Lipinski definition) is 2. The number of nitrogens with zero attached hydrogens (tertiary/aromatic N) is 2. The number of esters is 1. The third kappa shape index (κ3) is 27.0. The molecule has 1 aliphatic rings. The summed E-state index contributed by atoms with van der Waals surface area (Å²) in [4.78, 5) is 58.3. The fourth-order valence-corrected chi connectivity index (χ4v) is 9.97. The van der Waals surface area contributed by atoms with Gasteiger partial charge in [-0.2, -0.15) is 0 Å². The molecule has 10 heteroatoms. The molecule has 2 rings (SSSR count). The smallest absolute Gasteiger partial charge is 0.308 e. The Morgan fingerprint density at radius 2 is 1.19 bits per heavy atom. The molecule has 1 aromatic heterocycles. The average Bonchev–Trinajstić information content (AvgIpc) is 3.64. The van der Waals surface area contributed by atoms with Gasteiger partial charge < -0.3 is 25.2 Å². The maximum absolute atomic E-state index is 13.6. The van der Waals surface area contributed by atoms with Gasteiger partial charge in [0.15, 0.2) is 0 Å². The highest BCUT2D eigenvalue weighted by atomic mass is 32.1. The van der Waals surface area contributed by atoms with E-state index in [1.54, 1.807) is 0 Å². The second kappa shape index (κ2) is 38.4. The molecular weight excluding hydrogens is 817 g/mol. The van der Waals surface area contributed by atoms with Gasteiger partial charge in [0, 0.05) is 37.4 Å². The minimum atomic E-state index is -0.171. The summed E-state index contributed by atoms with van der Waals surface area (Å²) in [6.45, 7) is 9.43. The summed E-state index contributed by atoms with van der Waals surface area (Å²) in [6.07, 6.45) is 41.0. The third-order valence-corrected chi connectivity index (χ3v) is 14.0. The van der Waals surface area contributed by atoms with Crippen LogP contribution in [0.4, 0.5) is 5.00 Å². The van der Waals surface area contributed by atoms with Crippen LogP contribution in [0.1, 0.15) is 247 Å². The molecule has 1 aromatic rings. The molecule has 368 valence electrons. The van der Waals surface area contributed by atoms with E-state index in [9.17, 15) is 19.2 Å². The van der Waals surface area contributed by atoms with Gasteiger partial charge in [-0.3, -0.25) is 19.2 Å². The molecule has 0 fully saturated rings. The molecule has 1 aliphatic heterocycles. The van der Waals surface area contributed by atoms with Crippen LogP contribution in [0, 0.1) is 5.92 Å². The van der Waals surface area contributed by atoms with E-state index >= 15 is 0 Å². The van der Waals surface area contributed by atoms with Crippen molar-refractivity contribution in [3.63, 3.8) is 0 Å². The van der Waals surface area contributed by atoms with Crippen molar-refractivity contribution >= 4 is 40.0 Å². The van der Waals surface area contributed by atoms with Crippen LogP contribution in [0.2, 0.25) is 0 Å². The van der Waals surface area contributed by atoms with E-state index in [-0.39, 0.29) is 29.6 Å². The molecule has 0 bridgehead atoms. The number of ether oxygens (including phenoxy) is 1. The minimum Gasteiger partial charge on any atom is -0.465 e. The van der Waals surface area contributed by atoms with Gasteiger partial charge in [-0.05, 0) is 90.3 Å². The highest BCUT2D eigenvalue weighted by Crippen LogP contribution is 2.38. The van der Waals surface area contributed by atoms with Gasteiger partial charge in [0.1, 0.15) is 5.00 Å². The fourth-order valence-electron chi connectivity index (χ4n) is 8.70. The lowest BCUT2D eigenvalue weighted by molar-refractivity contribution is -0.149. The molecule has 0 saturated heterocycles. The monoisotopic (exact) mass is 913 g/mol. The van der Waals surface area contributed by atoms with Crippen molar-refractivity contribution in [1.82, 2.24) is 15.1 Å². The van der Waals surface area contributed by atoms with Crippen LogP contribution in [0.25, 0.3) is 0 Å².